The first-order valence-electron chi connectivity index (χ1n) is 9.24. The summed E-state index contributed by atoms with van der Waals surface area (Å²) in [5.41, 5.74) is 2.70. The van der Waals surface area contributed by atoms with E-state index in [2.05, 4.69) is 10.4 Å². The highest BCUT2D eigenvalue weighted by atomic mass is 32.2. The summed E-state index contributed by atoms with van der Waals surface area (Å²) in [6.45, 7) is 3.84. The predicted octanol–water partition coefficient (Wildman–Crippen LogP) is 3.05. The minimum Gasteiger partial charge on any atom is -0.487 e. The summed E-state index contributed by atoms with van der Waals surface area (Å²) in [6.07, 6.45) is -0.821. The van der Waals surface area contributed by atoms with E-state index >= 15 is 0 Å². The minimum absolute atomic E-state index is 0.0777. The quantitative estimate of drug-likeness (QED) is 0.713. The molecular weight excluding hydrogens is 390 g/mol. The Labute approximate surface area is 169 Å². The second kappa shape index (κ2) is 7.36. The molecule has 0 saturated carbocycles. The van der Waals surface area contributed by atoms with Crippen molar-refractivity contribution in [3.63, 3.8) is 0 Å². The molecule has 0 saturated heterocycles. The molecule has 29 heavy (non-hydrogen) atoms. The molecule has 1 aromatic heterocycles. The fourth-order valence-electron chi connectivity index (χ4n) is 3.33. The van der Waals surface area contributed by atoms with Gasteiger partial charge in [-0.25, -0.2) is 13.1 Å². The second-order valence-electron chi connectivity index (χ2n) is 7.14. The van der Waals surface area contributed by atoms with Gasteiger partial charge in [0, 0.05) is 6.07 Å². The van der Waals surface area contributed by atoms with Crippen LogP contribution in [0.2, 0.25) is 0 Å². The van der Waals surface area contributed by atoms with Crippen LogP contribution in [0.5, 0.6) is 5.75 Å². The van der Waals surface area contributed by atoms with Crippen LogP contribution in [0.15, 0.2) is 59.5 Å². The highest BCUT2D eigenvalue weighted by Gasteiger charge is 2.33. The Morgan fingerprint density at radius 1 is 1.17 bits per heavy atom. The summed E-state index contributed by atoms with van der Waals surface area (Å²) in [5, 5.41) is 7.27. The summed E-state index contributed by atoms with van der Waals surface area (Å²) in [7, 11) is -3.48. The van der Waals surface area contributed by atoms with E-state index < -0.39 is 15.9 Å². The smallest absolute Gasteiger partial charge is 0.229 e. The van der Waals surface area contributed by atoms with Gasteiger partial charge in [-0.05, 0) is 38.1 Å². The molecule has 1 aliphatic rings. The highest BCUT2D eigenvalue weighted by Crippen LogP contribution is 2.31. The van der Waals surface area contributed by atoms with E-state index in [0.29, 0.717) is 5.82 Å². The van der Waals surface area contributed by atoms with Crippen molar-refractivity contribution in [2.75, 3.05) is 11.1 Å². The van der Waals surface area contributed by atoms with Crippen molar-refractivity contribution in [2.45, 2.75) is 31.3 Å². The van der Waals surface area contributed by atoms with Crippen LogP contribution in [0.4, 0.5) is 5.82 Å². The summed E-state index contributed by atoms with van der Waals surface area (Å²) >= 11 is 0. The lowest BCUT2D eigenvalue weighted by atomic mass is 10.2. The van der Waals surface area contributed by atoms with Crippen LogP contribution in [0.1, 0.15) is 17.7 Å². The Kier molecular flexibility index (Phi) is 4.87. The molecule has 0 fully saturated rings. The molecular formula is C21H21N3O4S. The topological polar surface area (TPSA) is 90.3 Å². The normalized spacial score (nSPS) is 17.2. The first kappa shape index (κ1) is 19.2. The van der Waals surface area contributed by atoms with Crippen molar-refractivity contribution in [3.8, 4) is 11.4 Å². The van der Waals surface area contributed by atoms with E-state index in [-0.39, 0.29) is 28.7 Å². The molecule has 4 rings (SSSR count). The summed E-state index contributed by atoms with van der Waals surface area (Å²) < 4.78 is 32.3. The molecule has 1 amide bonds. The van der Waals surface area contributed by atoms with Gasteiger partial charge >= 0.3 is 0 Å². The van der Waals surface area contributed by atoms with E-state index in [0.717, 1.165) is 16.9 Å². The van der Waals surface area contributed by atoms with Gasteiger partial charge in [-0.2, -0.15) is 5.10 Å². The van der Waals surface area contributed by atoms with E-state index in [1.807, 2.05) is 38.1 Å². The van der Waals surface area contributed by atoms with Crippen molar-refractivity contribution >= 4 is 21.6 Å². The van der Waals surface area contributed by atoms with Gasteiger partial charge in [0.1, 0.15) is 22.6 Å². The summed E-state index contributed by atoms with van der Waals surface area (Å²) in [6, 6.07) is 16.0. The van der Waals surface area contributed by atoms with Gasteiger partial charge in [0.15, 0.2) is 9.84 Å². The lowest BCUT2D eigenvalue weighted by Crippen LogP contribution is -2.35. The standard InChI is InChI=1S/C21H21N3O4S/c1-14-7-9-16(10-8-14)24-20(11-15(2)23-24)22-21(25)12-17-13-29(26,27)19-6-4-3-5-18(19)28-17/h3-11,17H,12-13H2,1-2H3,(H,22,25). The Balaban J connectivity index is 1.51. The molecule has 1 aliphatic heterocycles. The number of para-hydroxylation sites is 1. The average molecular weight is 411 g/mol. The van der Waals surface area contributed by atoms with Crippen molar-refractivity contribution in [1.82, 2.24) is 9.78 Å². The van der Waals surface area contributed by atoms with Crippen LogP contribution in [0.25, 0.3) is 5.69 Å². The SMILES string of the molecule is Cc1ccc(-n2nc(C)cc2NC(=O)CC2CS(=O)(=O)c3ccccc3O2)cc1. The molecule has 150 valence electrons. The number of aromatic nitrogens is 2. The number of nitrogens with zero attached hydrogens (tertiary/aromatic N) is 2. The van der Waals surface area contributed by atoms with E-state index in [9.17, 15) is 13.2 Å². The predicted molar refractivity (Wildman–Crippen MR) is 109 cm³/mol. The van der Waals surface area contributed by atoms with Gasteiger partial charge in [-0.1, -0.05) is 29.8 Å². The number of nitrogens with one attached hydrogen (secondary N) is 1. The number of fused-ring (bicyclic) bond motifs is 1. The van der Waals surface area contributed by atoms with Gasteiger partial charge in [-0.3, -0.25) is 4.79 Å². The zero-order valence-electron chi connectivity index (χ0n) is 16.1. The number of carbonyl (C=O) groups is 1. The number of carbonyl (C=O) groups excluding carboxylic acids is 1. The van der Waals surface area contributed by atoms with Crippen LogP contribution in [-0.4, -0.2) is 36.0 Å². The van der Waals surface area contributed by atoms with Gasteiger partial charge in [0.25, 0.3) is 0 Å². The number of amides is 1. The molecule has 1 unspecified atom stereocenters. The van der Waals surface area contributed by atoms with E-state index in [1.165, 1.54) is 6.07 Å². The molecule has 0 spiro atoms. The molecule has 1 atom stereocenters. The van der Waals surface area contributed by atoms with Crippen LogP contribution in [0.3, 0.4) is 0 Å². The van der Waals surface area contributed by atoms with Crippen LogP contribution >= 0.6 is 0 Å². The Bertz CT molecular complexity index is 1170. The number of sulfone groups is 1. The number of benzene rings is 2. The van der Waals surface area contributed by atoms with Gasteiger partial charge in [0.05, 0.1) is 23.6 Å². The zero-order chi connectivity index (χ0) is 20.6. The maximum atomic E-state index is 12.6. The highest BCUT2D eigenvalue weighted by molar-refractivity contribution is 7.91. The maximum absolute atomic E-state index is 12.6. The fourth-order valence-corrected chi connectivity index (χ4v) is 4.89. The van der Waals surface area contributed by atoms with E-state index in [4.69, 9.17) is 4.74 Å². The van der Waals surface area contributed by atoms with Crippen molar-refractivity contribution in [3.05, 3.63) is 65.9 Å². The number of hydrogen-bond donors (Lipinski definition) is 1. The lowest BCUT2D eigenvalue weighted by Gasteiger charge is -2.25. The third kappa shape index (κ3) is 4.02. The monoisotopic (exact) mass is 411 g/mol. The number of aryl methyl sites for hydroxylation is 2. The Hall–Kier alpha value is -3.13. The van der Waals surface area contributed by atoms with Crippen molar-refractivity contribution in [1.29, 1.82) is 0 Å². The third-order valence-electron chi connectivity index (χ3n) is 4.67. The molecule has 2 heterocycles. The fraction of sp³-hybridized carbons (Fsp3) is 0.238. The van der Waals surface area contributed by atoms with Crippen molar-refractivity contribution in [2.24, 2.45) is 0 Å². The first-order chi connectivity index (χ1) is 13.8. The second-order valence-corrected chi connectivity index (χ2v) is 9.14. The lowest BCUT2D eigenvalue weighted by molar-refractivity contribution is -0.117. The van der Waals surface area contributed by atoms with Gasteiger partial charge < -0.3 is 10.1 Å². The largest absolute Gasteiger partial charge is 0.487 e. The number of hydrogen-bond acceptors (Lipinski definition) is 5. The molecule has 7 nitrogen and oxygen atoms in total. The van der Waals surface area contributed by atoms with E-state index in [1.54, 1.807) is 28.9 Å². The first-order valence-corrected chi connectivity index (χ1v) is 10.9. The van der Waals surface area contributed by atoms with Gasteiger partial charge in [-0.15, -0.1) is 0 Å². The van der Waals surface area contributed by atoms with Crippen LogP contribution in [-0.2, 0) is 14.6 Å². The zero-order valence-corrected chi connectivity index (χ0v) is 16.9. The molecule has 2 aromatic carbocycles. The van der Waals surface area contributed by atoms with Crippen LogP contribution in [0, 0.1) is 13.8 Å². The number of ether oxygens (including phenoxy) is 1. The number of rotatable bonds is 4. The maximum Gasteiger partial charge on any atom is 0.229 e. The Morgan fingerprint density at radius 2 is 1.90 bits per heavy atom. The Morgan fingerprint density at radius 3 is 2.66 bits per heavy atom. The molecule has 0 radical (unpaired) electrons. The summed E-state index contributed by atoms with van der Waals surface area (Å²) in [5.74, 6) is 0.249. The third-order valence-corrected chi connectivity index (χ3v) is 6.49. The number of anilines is 1. The molecule has 1 N–H and O–H groups in total. The molecule has 0 bridgehead atoms. The molecule has 3 aromatic rings. The van der Waals surface area contributed by atoms with Crippen molar-refractivity contribution < 1.29 is 17.9 Å². The van der Waals surface area contributed by atoms with Crippen LogP contribution < -0.4 is 10.1 Å². The van der Waals surface area contributed by atoms with Gasteiger partial charge in [0.2, 0.25) is 5.91 Å². The summed E-state index contributed by atoms with van der Waals surface area (Å²) in [4.78, 5) is 12.8. The average Bonchev–Trinajstić information content (AvgIpc) is 3.01. The molecule has 8 heteroatoms. The molecule has 0 aliphatic carbocycles. The minimum atomic E-state index is -3.48.